The molecule has 1 N–H and O–H groups in total. The van der Waals surface area contributed by atoms with E-state index in [4.69, 9.17) is 4.98 Å². The van der Waals surface area contributed by atoms with E-state index >= 15 is 0 Å². The summed E-state index contributed by atoms with van der Waals surface area (Å²) in [7, 11) is 2.03. The molecular formula is C12H19N3. The first-order valence-corrected chi connectivity index (χ1v) is 6.10. The minimum atomic E-state index is 0.635. The van der Waals surface area contributed by atoms with E-state index in [0.29, 0.717) is 5.92 Å². The summed E-state index contributed by atoms with van der Waals surface area (Å²) in [6, 6.07) is 0. The summed E-state index contributed by atoms with van der Waals surface area (Å²) in [6.07, 6.45) is 7.61. The van der Waals surface area contributed by atoms with Crippen LogP contribution in [0.25, 0.3) is 0 Å². The van der Waals surface area contributed by atoms with Gasteiger partial charge in [0.25, 0.3) is 0 Å². The van der Waals surface area contributed by atoms with E-state index in [-0.39, 0.29) is 0 Å². The summed E-state index contributed by atoms with van der Waals surface area (Å²) < 4.78 is 2.39. The minimum absolute atomic E-state index is 0.635. The maximum Gasteiger partial charge on any atom is 0.113 e. The van der Waals surface area contributed by atoms with Crippen molar-refractivity contribution in [2.75, 3.05) is 13.6 Å². The molecule has 0 bridgehead atoms. The van der Waals surface area contributed by atoms with Gasteiger partial charge in [-0.05, 0) is 32.7 Å². The lowest BCUT2D eigenvalue weighted by Crippen LogP contribution is -2.24. The van der Waals surface area contributed by atoms with Gasteiger partial charge in [-0.1, -0.05) is 0 Å². The van der Waals surface area contributed by atoms with Gasteiger partial charge in [0.2, 0.25) is 0 Å². The van der Waals surface area contributed by atoms with Gasteiger partial charge in [-0.15, -0.1) is 0 Å². The molecule has 1 aromatic rings. The van der Waals surface area contributed by atoms with Crippen LogP contribution in [0.5, 0.6) is 0 Å². The molecule has 82 valence electrons. The lowest BCUT2D eigenvalue weighted by atomic mass is 9.99. The predicted octanol–water partition coefficient (Wildman–Crippen LogP) is 1.86. The second kappa shape index (κ2) is 3.63. The molecule has 3 rings (SSSR count). The van der Waals surface area contributed by atoms with Crippen LogP contribution in [0.1, 0.15) is 49.0 Å². The Hall–Kier alpha value is -0.830. The molecule has 1 aromatic heterocycles. The van der Waals surface area contributed by atoms with E-state index in [2.05, 4.69) is 16.1 Å². The van der Waals surface area contributed by atoms with Crippen LogP contribution in [-0.4, -0.2) is 23.1 Å². The molecule has 2 aliphatic rings. The predicted molar refractivity (Wildman–Crippen MR) is 60.1 cm³/mol. The Balaban J connectivity index is 1.88. The first-order valence-electron chi connectivity index (χ1n) is 6.10. The van der Waals surface area contributed by atoms with E-state index < -0.39 is 0 Å². The van der Waals surface area contributed by atoms with Crippen LogP contribution in [0.2, 0.25) is 0 Å². The van der Waals surface area contributed by atoms with Crippen molar-refractivity contribution in [1.82, 2.24) is 14.9 Å². The number of nitrogens with one attached hydrogen (secondary N) is 1. The third-order valence-electron chi connectivity index (χ3n) is 3.59. The Labute approximate surface area is 90.9 Å². The fourth-order valence-corrected chi connectivity index (χ4v) is 2.61. The zero-order chi connectivity index (χ0) is 10.3. The van der Waals surface area contributed by atoms with Gasteiger partial charge in [-0.2, -0.15) is 0 Å². The molecule has 0 saturated heterocycles. The van der Waals surface area contributed by atoms with Gasteiger partial charge in [0.1, 0.15) is 5.82 Å². The second-order valence-electron chi connectivity index (χ2n) is 4.89. The Kier molecular flexibility index (Phi) is 2.28. The van der Waals surface area contributed by atoms with E-state index in [1.165, 1.54) is 43.7 Å². The summed E-state index contributed by atoms with van der Waals surface area (Å²) in [5.41, 5.74) is 1.35. The van der Waals surface area contributed by atoms with Gasteiger partial charge in [-0.3, -0.25) is 0 Å². The number of rotatable bonds is 3. The molecular weight excluding hydrogens is 186 g/mol. The zero-order valence-corrected chi connectivity index (χ0v) is 9.37. The number of hydrogen-bond acceptors (Lipinski definition) is 2. The summed E-state index contributed by atoms with van der Waals surface area (Å²) in [5.74, 6) is 2.76. The first kappa shape index (κ1) is 9.40. The van der Waals surface area contributed by atoms with Gasteiger partial charge in [0.05, 0.1) is 5.69 Å². The van der Waals surface area contributed by atoms with E-state index in [9.17, 15) is 0 Å². The summed E-state index contributed by atoms with van der Waals surface area (Å²) in [4.78, 5) is 4.84. The maximum absolute atomic E-state index is 4.84. The van der Waals surface area contributed by atoms with Crippen LogP contribution in [0, 0.1) is 0 Å². The SMILES string of the molecule is CNCC1CCCn2cc(C3CC3)nc21. The first-order chi connectivity index (χ1) is 7.38. The smallest absolute Gasteiger partial charge is 0.113 e. The van der Waals surface area contributed by atoms with Gasteiger partial charge in [0, 0.05) is 31.1 Å². The zero-order valence-electron chi connectivity index (χ0n) is 9.37. The van der Waals surface area contributed by atoms with Crippen molar-refractivity contribution in [3.05, 3.63) is 17.7 Å². The average molecular weight is 205 g/mol. The van der Waals surface area contributed by atoms with Crippen molar-refractivity contribution in [3.63, 3.8) is 0 Å². The number of aryl methyl sites for hydroxylation is 1. The summed E-state index contributed by atoms with van der Waals surface area (Å²) in [5, 5.41) is 3.28. The third-order valence-corrected chi connectivity index (χ3v) is 3.59. The molecule has 1 unspecified atom stereocenters. The summed E-state index contributed by atoms with van der Waals surface area (Å²) >= 11 is 0. The van der Waals surface area contributed by atoms with Crippen molar-refractivity contribution >= 4 is 0 Å². The van der Waals surface area contributed by atoms with Crippen LogP contribution < -0.4 is 5.32 Å². The highest BCUT2D eigenvalue weighted by Crippen LogP contribution is 2.40. The Bertz CT molecular complexity index is 352. The van der Waals surface area contributed by atoms with E-state index in [0.717, 1.165) is 12.5 Å². The molecule has 1 atom stereocenters. The van der Waals surface area contributed by atoms with E-state index in [1.807, 2.05) is 7.05 Å². The molecule has 1 fully saturated rings. The number of likely N-dealkylation sites (N-methyl/N-ethyl adjacent to an activating group) is 1. The number of hydrogen-bond donors (Lipinski definition) is 1. The molecule has 15 heavy (non-hydrogen) atoms. The van der Waals surface area contributed by atoms with Crippen LogP contribution in [0.4, 0.5) is 0 Å². The number of imidazole rings is 1. The molecule has 0 radical (unpaired) electrons. The third kappa shape index (κ3) is 1.69. The number of nitrogens with zero attached hydrogens (tertiary/aromatic N) is 2. The molecule has 2 heterocycles. The molecule has 0 aromatic carbocycles. The van der Waals surface area contributed by atoms with Crippen molar-refractivity contribution in [1.29, 1.82) is 0 Å². The fourth-order valence-electron chi connectivity index (χ4n) is 2.61. The van der Waals surface area contributed by atoms with Gasteiger partial charge in [-0.25, -0.2) is 4.98 Å². The van der Waals surface area contributed by atoms with Crippen LogP contribution in [-0.2, 0) is 6.54 Å². The van der Waals surface area contributed by atoms with Crippen LogP contribution in [0.3, 0.4) is 0 Å². The lowest BCUT2D eigenvalue weighted by Gasteiger charge is -2.22. The Morgan fingerprint density at radius 3 is 3.07 bits per heavy atom. The minimum Gasteiger partial charge on any atom is -0.334 e. The topological polar surface area (TPSA) is 29.9 Å². The Morgan fingerprint density at radius 2 is 2.33 bits per heavy atom. The monoisotopic (exact) mass is 205 g/mol. The quantitative estimate of drug-likeness (QED) is 0.816. The molecule has 1 aliphatic heterocycles. The molecule has 3 heteroatoms. The molecule has 0 spiro atoms. The highest BCUT2D eigenvalue weighted by Gasteiger charge is 2.29. The highest BCUT2D eigenvalue weighted by atomic mass is 15.1. The maximum atomic E-state index is 4.84. The molecule has 3 nitrogen and oxygen atoms in total. The van der Waals surface area contributed by atoms with Gasteiger partial charge in [0.15, 0.2) is 0 Å². The largest absolute Gasteiger partial charge is 0.334 e. The van der Waals surface area contributed by atoms with Crippen LogP contribution >= 0.6 is 0 Å². The van der Waals surface area contributed by atoms with E-state index in [1.54, 1.807) is 0 Å². The standard InChI is InChI=1S/C12H19N3/c1-13-7-10-3-2-6-15-8-11(9-4-5-9)14-12(10)15/h8-10,13H,2-7H2,1H3. The molecule has 1 aliphatic carbocycles. The Morgan fingerprint density at radius 1 is 1.47 bits per heavy atom. The number of aromatic nitrogens is 2. The van der Waals surface area contributed by atoms with Crippen LogP contribution in [0.15, 0.2) is 6.20 Å². The van der Waals surface area contributed by atoms with Crippen molar-refractivity contribution in [2.24, 2.45) is 0 Å². The highest BCUT2D eigenvalue weighted by molar-refractivity contribution is 5.18. The van der Waals surface area contributed by atoms with Crippen molar-refractivity contribution in [3.8, 4) is 0 Å². The van der Waals surface area contributed by atoms with Gasteiger partial charge >= 0.3 is 0 Å². The lowest BCUT2D eigenvalue weighted by molar-refractivity contribution is 0.432. The van der Waals surface area contributed by atoms with Gasteiger partial charge < -0.3 is 9.88 Å². The number of fused-ring (bicyclic) bond motifs is 1. The second-order valence-corrected chi connectivity index (χ2v) is 4.89. The molecule has 1 saturated carbocycles. The van der Waals surface area contributed by atoms with Crippen molar-refractivity contribution in [2.45, 2.75) is 44.1 Å². The molecule has 0 amide bonds. The normalized spacial score (nSPS) is 25.3. The van der Waals surface area contributed by atoms with Crippen molar-refractivity contribution < 1.29 is 0 Å². The summed E-state index contributed by atoms with van der Waals surface area (Å²) in [6.45, 7) is 2.25. The average Bonchev–Trinajstić information content (AvgIpc) is 2.99. The fraction of sp³-hybridized carbons (Fsp3) is 0.750.